The first-order chi connectivity index (χ1) is 10.0. The van der Waals surface area contributed by atoms with Crippen LogP contribution >= 0.6 is 0 Å². The molecule has 0 spiro atoms. The monoisotopic (exact) mass is 292 g/mol. The fourth-order valence-corrected chi connectivity index (χ4v) is 2.08. The summed E-state index contributed by atoms with van der Waals surface area (Å²) in [6.45, 7) is 7.47. The maximum absolute atomic E-state index is 5.55. The van der Waals surface area contributed by atoms with Crippen LogP contribution in [0, 0.1) is 0 Å². The Labute approximate surface area is 122 Å². The lowest BCUT2D eigenvalue weighted by atomic mass is 10.1. The molecule has 1 fully saturated rings. The van der Waals surface area contributed by atoms with Gasteiger partial charge in [-0.15, -0.1) is 10.2 Å². The van der Waals surface area contributed by atoms with Gasteiger partial charge in [0.05, 0.1) is 18.3 Å². The van der Waals surface area contributed by atoms with E-state index in [0.717, 1.165) is 25.1 Å². The van der Waals surface area contributed by atoms with Gasteiger partial charge in [-0.25, -0.2) is 4.68 Å². The Bertz CT molecular complexity index is 594. The molecule has 2 aromatic rings. The van der Waals surface area contributed by atoms with E-state index < -0.39 is 0 Å². The third-order valence-electron chi connectivity index (χ3n) is 3.29. The second kappa shape index (κ2) is 5.44. The third kappa shape index (κ3) is 3.21. The highest BCUT2D eigenvalue weighted by atomic mass is 16.5. The van der Waals surface area contributed by atoms with Crippen LogP contribution in [0.1, 0.15) is 51.3 Å². The SMILES string of the molecule is CC(C)(C)n1cc(CNc2nnc(C3CCCO3)o2)nn1. The largest absolute Gasteiger partial charge is 0.405 e. The molecule has 21 heavy (non-hydrogen) atoms. The van der Waals surface area contributed by atoms with Gasteiger partial charge in [0.25, 0.3) is 0 Å². The highest BCUT2D eigenvalue weighted by molar-refractivity contribution is 5.19. The van der Waals surface area contributed by atoms with Crippen molar-refractivity contribution in [2.75, 3.05) is 11.9 Å². The number of rotatable bonds is 4. The van der Waals surface area contributed by atoms with Crippen LogP contribution in [0.4, 0.5) is 6.01 Å². The van der Waals surface area contributed by atoms with Crippen molar-refractivity contribution >= 4 is 6.01 Å². The van der Waals surface area contributed by atoms with Gasteiger partial charge in [0, 0.05) is 6.61 Å². The fourth-order valence-electron chi connectivity index (χ4n) is 2.08. The minimum atomic E-state index is -0.0806. The molecule has 1 aliphatic rings. The van der Waals surface area contributed by atoms with E-state index in [9.17, 15) is 0 Å². The number of hydrogen-bond donors (Lipinski definition) is 1. The highest BCUT2D eigenvalue weighted by Crippen LogP contribution is 2.28. The molecule has 3 heterocycles. The summed E-state index contributed by atoms with van der Waals surface area (Å²) in [5, 5.41) is 19.3. The van der Waals surface area contributed by atoms with E-state index in [1.807, 2.05) is 10.9 Å². The van der Waals surface area contributed by atoms with Gasteiger partial charge < -0.3 is 14.5 Å². The molecule has 2 aromatic heterocycles. The van der Waals surface area contributed by atoms with Gasteiger partial charge in [0.2, 0.25) is 5.89 Å². The number of nitrogens with zero attached hydrogens (tertiary/aromatic N) is 5. The van der Waals surface area contributed by atoms with Gasteiger partial charge in [0.1, 0.15) is 11.8 Å². The van der Waals surface area contributed by atoms with Crippen LogP contribution in [0.25, 0.3) is 0 Å². The highest BCUT2D eigenvalue weighted by Gasteiger charge is 2.23. The summed E-state index contributed by atoms with van der Waals surface area (Å²) in [7, 11) is 0. The first kappa shape index (κ1) is 14.0. The Morgan fingerprint density at radius 3 is 2.86 bits per heavy atom. The van der Waals surface area contributed by atoms with Crippen molar-refractivity contribution in [3.8, 4) is 0 Å². The molecule has 3 rings (SSSR count). The average molecular weight is 292 g/mol. The minimum Gasteiger partial charge on any atom is -0.405 e. The van der Waals surface area contributed by atoms with Gasteiger partial charge in [-0.1, -0.05) is 10.3 Å². The molecule has 1 unspecified atom stereocenters. The van der Waals surface area contributed by atoms with Crippen molar-refractivity contribution in [3.05, 3.63) is 17.8 Å². The lowest BCUT2D eigenvalue weighted by Crippen LogP contribution is -2.22. The quantitative estimate of drug-likeness (QED) is 0.919. The topological polar surface area (TPSA) is 90.9 Å². The predicted octanol–water partition coefficient (Wildman–Crippen LogP) is 1.88. The molecule has 1 N–H and O–H groups in total. The Hall–Kier alpha value is -1.96. The molecule has 8 nitrogen and oxygen atoms in total. The zero-order chi connectivity index (χ0) is 14.9. The summed E-state index contributed by atoms with van der Waals surface area (Å²) in [5.41, 5.74) is 0.740. The van der Waals surface area contributed by atoms with Crippen molar-refractivity contribution < 1.29 is 9.15 Å². The van der Waals surface area contributed by atoms with E-state index in [2.05, 4.69) is 46.6 Å². The van der Waals surface area contributed by atoms with Gasteiger partial charge >= 0.3 is 6.01 Å². The van der Waals surface area contributed by atoms with E-state index in [0.29, 0.717) is 18.5 Å². The molecule has 114 valence electrons. The molecule has 0 radical (unpaired) electrons. The van der Waals surface area contributed by atoms with Gasteiger partial charge in [-0.05, 0) is 33.6 Å². The Morgan fingerprint density at radius 1 is 1.33 bits per heavy atom. The predicted molar refractivity (Wildman–Crippen MR) is 74.6 cm³/mol. The van der Waals surface area contributed by atoms with Crippen molar-refractivity contribution in [2.24, 2.45) is 0 Å². The van der Waals surface area contributed by atoms with Crippen LogP contribution in [0.2, 0.25) is 0 Å². The molecular weight excluding hydrogens is 272 g/mol. The molecule has 0 aliphatic carbocycles. The molecule has 1 atom stereocenters. The smallest absolute Gasteiger partial charge is 0.315 e. The number of ether oxygens (including phenoxy) is 1. The maximum atomic E-state index is 5.55. The molecule has 1 aliphatic heterocycles. The second-order valence-electron chi connectivity index (χ2n) is 6.13. The van der Waals surface area contributed by atoms with Crippen molar-refractivity contribution in [3.63, 3.8) is 0 Å². The van der Waals surface area contributed by atoms with E-state index in [1.165, 1.54) is 0 Å². The summed E-state index contributed by atoms with van der Waals surface area (Å²) < 4.78 is 12.9. The first-order valence-electron chi connectivity index (χ1n) is 7.13. The fraction of sp³-hybridized carbons (Fsp3) is 0.692. The van der Waals surface area contributed by atoms with Crippen LogP contribution in [0.15, 0.2) is 10.6 Å². The summed E-state index contributed by atoms with van der Waals surface area (Å²) in [5.74, 6) is 0.536. The summed E-state index contributed by atoms with van der Waals surface area (Å²) in [4.78, 5) is 0. The van der Waals surface area contributed by atoms with E-state index in [-0.39, 0.29) is 11.6 Å². The standard InChI is InChI=1S/C13H20N6O2/c1-13(2,3)19-8-9(15-18-19)7-14-12-17-16-11(21-12)10-5-4-6-20-10/h8,10H,4-7H2,1-3H3,(H,14,17). The average Bonchev–Trinajstić information content (AvgIpc) is 3.16. The zero-order valence-electron chi connectivity index (χ0n) is 12.5. The Morgan fingerprint density at radius 2 is 2.19 bits per heavy atom. The van der Waals surface area contributed by atoms with Gasteiger partial charge in [-0.2, -0.15) is 0 Å². The molecule has 1 saturated heterocycles. The van der Waals surface area contributed by atoms with Gasteiger partial charge in [-0.3, -0.25) is 0 Å². The molecular formula is C13H20N6O2. The Kier molecular flexibility index (Phi) is 3.62. The number of anilines is 1. The third-order valence-corrected chi connectivity index (χ3v) is 3.29. The lowest BCUT2D eigenvalue weighted by Gasteiger charge is -2.17. The van der Waals surface area contributed by atoms with Crippen molar-refractivity contribution in [1.82, 2.24) is 25.2 Å². The first-order valence-corrected chi connectivity index (χ1v) is 7.13. The molecule has 0 saturated carbocycles. The second-order valence-corrected chi connectivity index (χ2v) is 6.13. The number of nitrogens with one attached hydrogen (secondary N) is 1. The molecule has 0 aromatic carbocycles. The van der Waals surface area contributed by atoms with Crippen LogP contribution in [0.5, 0.6) is 0 Å². The van der Waals surface area contributed by atoms with Crippen LogP contribution in [-0.4, -0.2) is 31.8 Å². The van der Waals surface area contributed by atoms with E-state index >= 15 is 0 Å². The normalized spacial score (nSPS) is 19.1. The summed E-state index contributed by atoms with van der Waals surface area (Å²) >= 11 is 0. The summed E-state index contributed by atoms with van der Waals surface area (Å²) in [6.07, 6.45) is 3.81. The Balaban J connectivity index is 1.59. The molecule has 8 heteroatoms. The maximum Gasteiger partial charge on any atom is 0.315 e. The van der Waals surface area contributed by atoms with E-state index in [4.69, 9.17) is 9.15 Å². The number of hydrogen-bond acceptors (Lipinski definition) is 7. The number of aromatic nitrogens is 5. The van der Waals surface area contributed by atoms with Crippen LogP contribution < -0.4 is 5.32 Å². The van der Waals surface area contributed by atoms with Crippen LogP contribution in [-0.2, 0) is 16.8 Å². The van der Waals surface area contributed by atoms with Crippen molar-refractivity contribution in [1.29, 1.82) is 0 Å². The lowest BCUT2D eigenvalue weighted by molar-refractivity contribution is 0.0897. The summed E-state index contributed by atoms with van der Waals surface area (Å²) in [6, 6.07) is 0.380. The molecule has 0 bridgehead atoms. The van der Waals surface area contributed by atoms with E-state index in [1.54, 1.807) is 0 Å². The minimum absolute atomic E-state index is 0.0604. The van der Waals surface area contributed by atoms with Crippen LogP contribution in [0.3, 0.4) is 0 Å². The van der Waals surface area contributed by atoms with Gasteiger partial charge in [0.15, 0.2) is 0 Å². The van der Waals surface area contributed by atoms with Crippen molar-refractivity contribution in [2.45, 2.75) is 51.8 Å². The zero-order valence-corrected chi connectivity index (χ0v) is 12.5. The molecule has 0 amide bonds.